The average molecular weight is 186 g/mol. The van der Waals surface area contributed by atoms with Gasteiger partial charge in [-0.25, -0.2) is 0 Å². The van der Waals surface area contributed by atoms with Crippen molar-refractivity contribution < 1.29 is 17.4 Å². The molecule has 6 heteroatoms. The first kappa shape index (κ1) is 12.3. The van der Waals surface area contributed by atoms with Crippen LogP contribution in [0.2, 0.25) is 0 Å². The minimum atomic E-state index is -2.49. The van der Waals surface area contributed by atoms with Gasteiger partial charge >= 0.3 is 45.8 Å². The van der Waals surface area contributed by atoms with Crippen molar-refractivity contribution in [2.45, 2.75) is 5.85 Å². The van der Waals surface area contributed by atoms with Crippen molar-refractivity contribution in [3.05, 3.63) is 0 Å². The minimum absolute atomic E-state index is 0. The predicted octanol–water partition coefficient (Wildman–Crippen LogP) is 0.122. The molecule has 0 bridgehead atoms. The van der Waals surface area contributed by atoms with E-state index in [9.17, 15) is 4.57 Å². The van der Waals surface area contributed by atoms with Crippen molar-refractivity contribution in [3.63, 3.8) is 0 Å². The van der Waals surface area contributed by atoms with Gasteiger partial charge in [-0.15, -0.1) is 11.6 Å². The maximum atomic E-state index is 9.74. The standard InChI is InChI=1S/C2H4ClO3P.Ca.2H/c3-1-2(4)7(5)6;;;/h2,4H,1H2;;;/q;+2;2*-1/p+1. The van der Waals surface area contributed by atoms with Gasteiger partial charge in [-0.05, 0) is 4.57 Å². The van der Waals surface area contributed by atoms with Crippen LogP contribution in [-0.2, 0) is 4.57 Å². The molecule has 0 aliphatic rings. The van der Waals surface area contributed by atoms with Crippen LogP contribution in [0.15, 0.2) is 0 Å². The SMILES string of the molecule is O=[P+](O)C(O)CCl.[Ca+2].[H-].[H-]. The van der Waals surface area contributed by atoms with Crippen LogP contribution in [0.4, 0.5) is 0 Å². The Labute approximate surface area is 85.9 Å². The summed E-state index contributed by atoms with van der Waals surface area (Å²) in [6.45, 7) is 0. The first-order valence-electron chi connectivity index (χ1n) is 1.57. The number of hydrogen-bond donors (Lipinski definition) is 2. The van der Waals surface area contributed by atoms with Crippen molar-refractivity contribution in [3.8, 4) is 0 Å². The second kappa shape index (κ2) is 6.69. The molecule has 0 aliphatic carbocycles. The van der Waals surface area contributed by atoms with Crippen LogP contribution in [0.25, 0.3) is 0 Å². The van der Waals surface area contributed by atoms with Crippen LogP contribution in [0.3, 0.4) is 0 Å². The minimum Gasteiger partial charge on any atom is -1.00 e. The van der Waals surface area contributed by atoms with E-state index in [1.54, 1.807) is 0 Å². The van der Waals surface area contributed by atoms with Gasteiger partial charge in [-0.2, -0.15) is 4.89 Å². The molecule has 2 N–H and O–H groups in total. The average Bonchev–Trinajstić information content (AvgIpc) is 1.65. The molecule has 0 fully saturated rings. The molecule has 2 unspecified atom stereocenters. The molecule has 0 aromatic heterocycles. The molecular weight excluding hydrogens is 179 g/mol. The Morgan fingerprint density at radius 3 is 2.25 bits per heavy atom. The molecule has 0 saturated carbocycles. The van der Waals surface area contributed by atoms with Crippen LogP contribution in [0.5, 0.6) is 0 Å². The van der Waals surface area contributed by atoms with E-state index in [1.165, 1.54) is 0 Å². The van der Waals surface area contributed by atoms with Gasteiger partial charge < -0.3 is 7.96 Å². The monoisotopic (exact) mass is 185 g/mol. The third-order valence-electron chi connectivity index (χ3n) is 0.393. The van der Waals surface area contributed by atoms with Gasteiger partial charge in [0.05, 0.1) is 5.88 Å². The van der Waals surface area contributed by atoms with Crippen molar-refractivity contribution >= 4 is 57.4 Å². The van der Waals surface area contributed by atoms with E-state index >= 15 is 0 Å². The first-order chi connectivity index (χ1) is 3.18. The normalized spacial score (nSPS) is 14.1. The van der Waals surface area contributed by atoms with E-state index in [1.807, 2.05) is 0 Å². The number of aliphatic hydroxyl groups excluding tert-OH is 1. The summed E-state index contributed by atoms with van der Waals surface area (Å²) in [6.07, 6.45) is 0. The maximum Gasteiger partial charge on any atom is 2.00 e. The zero-order valence-corrected chi connectivity index (χ0v) is 7.98. The summed E-state index contributed by atoms with van der Waals surface area (Å²) < 4.78 is 9.74. The second-order valence-corrected chi connectivity index (χ2v) is 2.45. The molecule has 0 amide bonds. The fraction of sp³-hybridized carbons (Fsp3) is 1.00. The van der Waals surface area contributed by atoms with Gasteiger partial charge in [0.15, 0.2) is 0 Å². The molecule has 0 heterocycles. The molecule has 3 nitrogen and oxygen atoms in total. The molecule has 0 spiro atoms. The predicted molar refractivity (Wildman–Crippen MR) is 34.5 cm³/mol. The van der Waals surface area contributed by atoms with E-state index < -0.39 is 13.9 Å². The van der Waals surface area contributed by atoms with Crippen LogP contribution in [0.1, 0.15) is 2.85 Å². The van der Waals surface area contributed by atoms with Gasteiger partial charge in [0, 0.05) is 0 Å². The van der Waals surface area contributed by atoms with Crippen LogP contribution in [-0.4, -0.2) is 59.5 Å². The number of aliphatic hydroxyl groups is 1. The largest absolute Gasteiger partial charge is 2.00 e. The summed E-state index contributed by atoms with van der Waals surface area (Å²) in [4.78, 5) is 8.00. The topological polar surface area (TPSA) is 57.5 Å². The first-order valence-corrected chi connectivity index (χ1v) is 3.39. The van der Waals surface area contributed by atoms with Crippen LogP contribution >= 0.6 is 19.6 Å². The Hall–Kier alpha value is 1.57. The summed E-state index contributed by atoms with van der Waals surface area (Å²) >= 11 is 4.95. The van der Waals surface area contributed by atoms with E-state index in [2.05, 4.69) is 0 Å². The molecule has 2 atom stereocenters. The smallest absolute Gasteiger partial charge is 1.00 e. The third kappa shape index (κ3) is 5.70. The van der Waals surface area contributed by atoms with Crippen molar-refractivity contribution in [2.75, 3.05) is 5.88 Å². The zero-order chi connectivity index (χ0) is 5.86. The Bertz CT molecular complexity index is 86.9. The van der Waals surface area contributed by atoms with Gasteiger partial charge in [0.25, 0.3) is 5.85 Å². The van der Waals surface area contributed by atoms with E-state index in [4.69, 9.17) is 21.6 Å². The van der Waals surface area contributed by atoms with Crippen LogP contribution < -0.4 is 0 Å². The van der Waals surface area contributed by atoms with Gasteiger partial charge in [-0.3, -0.25) is 0 Å². The number of halogens is 1. The molecule has 0 saturated heterocycles. The molecule has 46 valence electrons. The summed E-state index contributed by atoms with van der Waals surface area (Å²) in [5, 5.41) is 8.27. The van der Waals surface area contributed by atoms with Gasteiger partial charge in [0.2, 0.25) is 0 Å². The molecule has 0 aromatic rings. The molecule has 0 radical (unpaired) electrons. The van der Waals surface area contributed by atoms with E-state index in [0.29, 0.717) is 0 Å². The quantitative estimate of drug-likeness (QED) is 0.365. The number of rotatable bonds is 2. The number of hydrogen-bond acceptors (Lipinski definition) is 2. The second-order valence-electron chi connectivity index (χ2n) is 0.937. The Morgan fingerprint density at radius 2 is 2.25 bits per heavy atom. The fourth-order valence-corrected chi connectivity index (χ4v) is 0.531. The van der Waals surface area contributed by atoms with Gasteiger partial charge in [-0.1, -0.05) is 0 Å². The Kier molecular flexibility index (Phi) is 10.3. The summed E-state index contributed by atoms with van der Waals surface area (Å²) in [7, 11) is -2.49. The van der Waals surface area contributed by atoms with Crippen molar-refractivity contribution in [2.24, 2.45) is 0 Å². The summed E-state index contributed by atoms with van der Waals surface area (Å²) in [6, 6.07) is 0. The van der Waals surface area contributed by atoms with E-state index in [0.717, 1.165) is 0 Å². The Morgan fingerprint density at radius 1 is 1.88 bits per heavy atom. The molecular formula is C2H7CaClO3P+. The third-order valence-corrected chi connectivity index (χ3v) is 1.59. The molecule has 0 aromatic carbocycles. The zero-order valence-electron chi connectivity index (χ0n) is 6.12. The summed E-state index contributed by atoms with van der Waals surface area (Å²) in [5.41, 5.74) is 0. The molecule has 0 aliphatic heterocycles. The maximum absolute atomic E-state index is 9.74. The number of alkyl halides is 1. The van der Waals surface area contributed by atoms with Crippen LogP contribution in [0, 0.1) is 0 Å². The molecule has 0 rings (SSSR count). The van der Waals surface area contributed by atoms with Gasteiger partial charge in [0.1, 0.15) is 0 Å². The van der Waals surface area contributed by atoms with Crippen molar-refractivity contribution in [1.29, 1.82) is 0 Å². The Balaban J connectivity index is -0.0000000600. The fourth-order valence-electron chi connectivity index (χ4n) is 0.0590. The summed E-state index contributed by atoms with van der Waals surface area (Å²) in [5.74, 6) is -1.46. The van der Waals surface area contributed by atoms with E-state index in [-0.39, 0.29) is 46.5 Å². The van der Waals surface area contributed by atoms with Crippen molar-refractivity contribution in [1.82, 2.24) is 0 Å². The molecule has 8 heavy (non-hydrogen) atoms.